The molecule has 0 unspecified atom stereocenters. The normalized spacial score (nSPS) is 20.8. The topological polar surface area (TPSA) is 18.5 Å². The van der Waals surface area contributed by atoms with Crippen LogP contribution in [0.1, 0.15) is 12.8 Å². The Morgan fingerprint density at radius 2 is 1.53 bits per heavy atom. The largest absolute Gasteiger partial charge is 0.423 e. The summed E-state index contributed by atoms with van der Waals surface area (Å²) in [5.74, 6) is 0.152. The third kappa shape index (κ3) is 4.71. The van der Waals surface area contributed by atoms with Gasteiger partial charge >= 0.3 is 12.4 Å². The van der Waals surface area contributed by atoms with Gasteiger partial charge in [0.25, 0.3) is 0 Å². The zero-order valence-electron chi connectivity index (χ0n) is 9.85. The van der Waals surface area contributed by atoms with E-state index in [9.17, 15) is 26.3 Å². The van der Waals surface area contributed by atoms with Gasteiger partial charge in [0.15, 0.2) is 0 Å². The van der Waals surface area contributed by atoms with Crippen molar-refractivity contribution in [3.8, 4) is 0 Å². The fraction of sp³-hybridized carbons (Fsp3) is 1.00. The minimum atomic E-state index is -5.47. The van der Waals surface area contributed by atoms with Crippen molar-refractivity contribution in [2.75, 3.05) is 25.6 Å². The van der Waals surface area contributed by atoms with Crippen molar-refractivity contribution in [3.63, 3.8) is 0 Å². The standard InChI is InChI=1S/C10H14F6O2S/c11-9(12,13)7(10(14,15)16)18-5-8(6-19)1-3-17-4-2-8/h7,19H,1-6H2. The van der Waals surface area contributed by atoms with Gasteiger partial charge in [0, 0.05) is 18.6 Å². The van der Waals surface area contributed by atoms with E-state index >= 15 is 0 Å². The fourth-order valence-electron chi connectivity index (χ4n) is 1.79. The van der Waals surface area contributed by atoms with Crippen LogP contribution < -0.4 is 0 Å². The maximum Gasteiger partial charge on any atom is 0.423 e. The Morgan fingerprint density at radius 1 is 1.05 bits per heavy atom. The molecule has 0 spiro atoms. The van der Waals surface area contributed by atoms with Gasteiger partial charge in [-0.15, -0.1) is 0 Å². The van der Waals surface area contributed by atoms with Crippen LogP contribution >= 0.6 is 12.6 Å². The van der Waals surface area contributed by atoms with Crippen LogP contribution in [0.5, 0.6) is 0 Å². The first kappa shape index (κ1) is 16.9. The molecule has 1 fully saturated rings. The molecule has 9 heteroatoms. The lowest BCUT2D eigenvalue weighted by Crippen LogP contribution is -2.47. The SMILES string of the molecule is FC(F)(F)C(OCC1(CS)CCOCC1)C(F)(F)F. The first-order valence-corrected chi connectivity index (χ1v) is 6.18. The van der Waals surface area contributed by atoms with Crippen LogP contribution in [0.4, 0.5) is 26.3 Å². The molecule has 0 N–H and O–H groups in total. The number of alkyl halides is 6. The van der Waals surface area contributed by atoms with Gasteiger partial charge < -0.3 is 9.47 Å². The Kier molecular flexibility index (Phi) is 5.42. The number of halogens is 6. The highest BCUT2D eigenvalue weighted by atomic mass is 32.1. The highest BCUT2D eigenvalue weighted by Crippen LogP contribution is 2.39. The molecule has 0 radical (unpaired) electrons. The number of hydrogen-bond acceptors (Lipinski definition) is 3. The second-order valence-electron chi connectivity index (χ2n) is 4.54. The molecule has 1 saturated heterocycles. The molecular formula is C10H14F6O2S. The van der Waals surface area contributed by atoms with Crippen molar-refractivity contribution in [2.45, 2.75) is 31.3 Å². The Morgan fingerprint density at radius 3 is 1.89 bits per heavy atom. The van der Waals surface area contributed by atoms with E-state index < -0.39 is 30.5 Å². The van der Waals surface area contributed by atoms with E-state index in [0.717, 1.165) is 0 Å². The van der Waals surface area contributed by atoms with Crippen LogP contribution in [0.25, 0.3) is 0 Å². The molecule has 0 amide bonds. The van der Waals surface area contributed by atoms with E-state index in [1.54, 1.807) is 0 Å². The van der Waals surface area contributed by atoms with Crippen LogP contribution in [0.3, 0.4) is 0 Å². The predicted octanol–water partition coefficient (Wildman–Crippen LogP) is 3.22. The molecule has 0 saturated carbocycles. The summed E-state index contributed by atoms with van der Waals surface area (Å²) in [7, 11) is 0. The maximum atomic E-state index is 12.3. The first-order chi connectivity index (χ1) is 8.61. The molecule has 0 aromatic rings. The number of hydrogen-bond donors (Lipinski definition) is 1. The highest BCUT2D eigenvalue weighted by molar-refractivity contribution is 7.80. The Balaban J connectivity index is 2.70. The van der Waals surface area contributed by atoms with Gasteiger partial charge in [-0.1, -0.05) is 0 Å². The molecule has 0 bridgehead atoms. The summed E-state index contributed by atoms with van der Waals surface area (Å²) in [6, 6.07) is 0. The van der Waals surface area contributed by atoms with Crippen LogP contribution in [0.2, 0.25) is 0 Å². The molecule has 1 heterocycles. The lowest BCUT2D eigenvalue weighted by molar-refractivity contribution is -0.326. The number of thiol groups is 1. The average molecular weight is 312 g/mol. The molecule has 0 aliphatic carbocycles. The second kappa shape index (κ2) is 6.09. The van der Waals surface area contributed by atoms with Crippen molar-refractivity contribution in [3.05, 3.63) is 0 Å². The third-order valence-electron chi connectivity index (χ3n) is 3.04. The summed E-state index contributed by atoms with van der Waals surface area (Å²) in [6.07, 6.45) is -14.0. The number of rotatable bonds is 4. The number of ether oxygens (including phenoxy) is 2. The minimum Gasteiger partial charge on any atom is -0.381 e. The van der Waals surface area contributed by atoms with E-state index in [0.29, 0.717) is 12.8 Å². The van der Waals surface area contributed by atoms with Crippen molar-refractivity contribution < 1.29 is 35.8 Å². The molecule has 1 aliphatic rings. The lowest BCUT2D eigenvalue weighted by atomic mass is 9.83. The van der Waals surface area contributed by atoms with E-state index in [4.69, 9.17) is 4.74 Å². The van der Waals surface area contributed by atoms with Gasteiger partial charge in [-0.05, 0) is 18.6 Å². The molecule has 1 aliphatic heterocycles. The lowest BCUT2D eigenvalue weighted by Gasteiger charge is -2.37. The van der Waals surface area contributed by atoms with Crippen LogP contribution in [-0.4, -0.2) is 44.0 Å². The third-order valence-corrected chi connectivity index (χ3v) is 3.71. The molecule has 114 valence electrons. The van der Waals surface area contributed by atoms with E-state index in [1.807, 2.05) is 0 Å². The molecule has 0 aromatic heterocycles. The summed E-state index contributed by atoms with van der Waals surface area (Å²) in [6.45, 7) is -0.0667. The van der Waals surface area contributed by atoms with Crippen molar-refractivity contribution in [1.29, 1.82) is 0 Å². The van der Waals surface area contributed by atoms with Gasteiger partial charge in [-0.25, -0.2) is 0 Å². The summed E-state index contributed by atoms with van der Waals surface area (Å²) in [5.41, 5.74) is -0.796. The fourth-order valence-corrected chi connectivity index (χ4v) is 2.19. The van der Waals surface area contributed by atoms with Gasteiger partial charge in [0.1, 0.15) is 0 Å². The highest BCUT2D eigenvalue weighted by Gasteiger charge is 2.58. The van der Waals surface area contributed by atoms with Crippen molar-refractivity contribution >= 4 is 12.6 Å². The quantitative estimate of drug-likeness (QED) is 0.635. The Bertz CT molecular complexity index is 271. The summed E-state index contributed by atoms with van der Waals surface area (Å²) in [5, 5.41) is 0. The van der Waals surface area contributed by atoms with E-state index in [2.05, 4.69) is 17.4 Å². The molecule has 0 atom stereocenters. The smallest absolute Gasteiger partial charge is 0.381 e. The van der Waals surface area contributed by atoms with Gasteiger partial charge in [0.2, 0.25) is 6.10 Å². The first-order valence-electron chi connectivity index (χ1n) is 5.54. The van der Waals surface area contributed by atoms with E-state index in [-0.39, 0.29) is 19.0 Å². The summed E-state index contributed by atoms with van der Waals surface area (Å²) >= 11 is 4.00. The molecule has 2 nitrogen and oxygen atoms in total. The summed E-state index contributed by atoms with van der Waals surface area (Å²) < 4.78 is 83.0. The Labute approximate surface area is 111 Å². The van der Waals surface area contributed by atoms with Crippen molar-refractivity contribution in [2.24, 2.45) is 5.41 Å². The van der Waals surface area contributed by atoms with Gasteiger partial charge in [-0.2, -0.15) is 39.0 Å². The molecule has 19 heavy (non-hydrogen) atoms. The maximum absolute atomic E-state index is 12.3. The van der Waals surface area contributed by atoms with E-state index in [1.165, 1.54) is 0 Å². The molecular weight excluding hydrogens is 298 g/mol. The monoisotopic (exact) mass is 312 g/mol. The predicted molar refractivity (Wildman–Crippen MR) is 58.2 cm³/mol. The van der Waals surface area contributed by atoms with Crippen LogP contribution in [-0.2, 0) is 9.47 Å². The average Bonchev–Trinajstić information content (AvgIpc) is 2.27. The summed E-state index contributed by atoms with van der Waals surface area (Å²) in [4.78, 5) is 0. The molecule has 1 rings (SSSR count). The van der Waals surface area contributed by atoms with Gasteiger partial charge in [-0.3, -0.25) is 0 Å². The van der Waals surface area contributed by atoms with Gasteiger partial charge in [0.05, 0.1) is 6.61 Å². The molecule has 0 aromatic carbocycles. The Hall–Kier alpha value is -0.150. The zero-order chi connectivity index (χ0) is 14.7. The minimum absolute atomic E-state index is 0.152. The zero-order valence-corrected chi connectivity index (χ0v) is 10.7. The second-order valence-corrected chi connectivity index (χ2v) is 4.86. The van der Waals surface area contributed by atoms with Crippen LogP contribution in [0.15, 0.2) is 0 Å². The van der Waals surface area contributed by atoms with Crippen molar-refractivity contribution in [1.82, 2.24) is 0 Å². The van der Waals surface area contributed by atoms with Crippen LogP contribution in [0, 0.1) is 5.41 Å².